The number of carbonyl (C=O) groups is 3. The zero-order valence-electron chi connectivity index (χ0n) is 46.9. The van der Waals surface area contributed by atoms with Crippen molar-refractivity contribution in [2.75, 3.05) is 19.0 Å². The van der Waals surface area contributed by atoms with Crippen molar-refractivity contribution >= 4 is 68.2 Å². The molecule has 2 heterocycles. The lowest BCUT2D eigenvalue weighted by molar-refractivity contribution is -0.646. The number of hydrogen-bond donors (Lipinski definition) is 4. The predicted molar refractivity (Wildman–Crippen MR) is 318 cm³/mol. The monoisotopic (exact) mass is 1080 g/mol. The molecule has 0 bridgehead atoms. The van der Waals surface area contributed by atoms with Gasteiger partial charge in [-0.15, -0.1) is 0 Å². The number of carbonyl (C=O) groups excluding carboxylic acids is 1. The van der Waals surface area contributed by atoms with Crippen molar-refractivity contribution in [2.45, 2.75) is 84.7 Å². The van der Waals surface area contributed by atoms with Crippen LogP contribution in [0.25, 0.3) is 50.3 Å². The summed E-state index contributed by atoms with van der Waals surface area (Å²) in [5.74, 6) is -1.48. The first kappa shape index (κ1) is 55.4. The third-order valence-corrected chi connectivity index (χ3v) is 17.6. The fourth-order valence-electron chi connectivity index (χ4n) is 13.5. The van der Waals surface area contributed by atoms with Crippen molar-refractivity contribution in [1.82, 2.24) is 4.57 Å². The van der Waals surface area contributed by atoms with Gasteiger partial charge in [0, 0.05) is 84.8 Å². The van der Waals surface area contributed by atoms with Gasteiger partial charge in [-0.1, -0.05) is 85.5 Å². The van der Waals surface area contributed by atoms with Crippen molar-refractivity contribution in [2.24, 2.45) is 24.3 Å². The first-order valence-electron chi connectivity index (χ1n) is 27.8. The number of ether oxygens (including phenoxy) is 1. The van der Waals surface area contributed by atoms with E-state index in [-0.39, 0.29) is 46.2 Å². The Morgan fingerprint density at radius 3 is 2.09 bits per heavy atom. The Bertz CT molecular complexity index is 3830. The van der Waals surface area contributed by atoms with Crippen LogP contribution in [-0.4, -0.2) is 63.1 Å². The number of carboxylic acids is 2. The van der Waals surface area contributed by atoms with Gasteiger partial charge in [-0.2, -0.15) is 4.57 Å². The number of esters is 1. The second-order valence-electron chi connectivity index (χ2n) is 22.5. The van der Waals surface area contributed by atoms with Gasteiger partial charge in [0.05, 0.1) is 5.56 Å². The van der Waals surface area contributed by atoms with Crippen LogP contribution in [0.2, 0.25) is 0 Å². The lowest BCUT2D eigenvalue weighted by Gasteiger charge is -2.50. The summed E-state index contributed by atoms with van der Waals surface area (Å²) < 4.78 is 10.2. The quantitative estimate of drug-likeness (QED) is 0.0804. The van der Waals surface area contributed by atoms with E-state index in [4.69, 9.17) is 4.74 Å². The Balaban J connectivity index is 0.000000137. The number of para-hydroxylation sites is 1. The summed E-state index contributed by atoms with van der Waals surface area (Å²) in [5.41, 5.74) is 11.3. The lowest BCUT2D eigenvalue weighted by Crippen LogP contribution is -2.45. The van der Waals surface area contributed by atoms with E-state index in [1.54, 1.807) is 48.5 Å². The smallest absolute Gasteiger partial charge is 0.339 e. The highest BCUT2D eigenvalue weighted by molar-refractivity contribution is 6.02. The number of phenols is 2. The van der Waals surface area contributed by atoms with Gasteiger partial charge < -0.3 is 39.7 Å². The first-order valence-corrected chi connectivity index (χ1v) is 27.8. The molecule has 3 aliphatic carbocycles. The van der Waals surface area contributed by atoms with E-state index in [1.807, 2.05) is 12.1 Å². The molecule has 0 radical (unpaired) electrons. The van der Waals surface area contributed by atoms with Crippen LogP contribution < -0.4 is 14.6 Å². The molecule has 12 nitrogen and oxygen atoms in total. The number of fused-ring (bicyclic) bond motifs is 8. The summed E-state index contributed by atoms with van der Waals surface area (Å²) in [4.78, 5) is 36.7. The van der Waals surface area contributed by atoms with E-state index >= 15 is 0 Å². The van der Waals surface area contributed by atoms with Crippen LogP contribution in [-0.2, 0) is 29.4 Å². The fraction of sp³-hybridized carbons (Fsp3) is 0.275. The van der Waals surface area contributed by atoms with Gasteiger partial charge in [0.2, 0.25) is 11.2 Å². The summed E-state index contributed by atoms with van der Waals surface area (Å²) in [7, 11) is 6.28. The van der Waals surface area contributed by atoms with Crippen LogP contribution >= 0.6 is 0 Å². The van der Waals surface area contributed by atoms with Crippen molar-refractivity contribution in [3.05, 3.63) is 202 Å². The maximum Gasteiger partial charge on any atom is 0.339 e. The number of hydrogen-bond acceptors (Lipinski definition) is 8. The zero-order valence-corrected chi connectivity index (χ0v) is 46.9. The minimum atomic E-state index is -1.34. The highest BCUT2D eigenvalue weighted by atomic mass is 16.5. The molecular formula is C69H69N3O9. The van der Waals surface area contributed by atoms with Crippen LogP contribution in [0.3, 0.4) is 0 Å². The third-order valence-electron chi connectivity index (χ3n) is 17.6. The molecular weight excluding hydrogens is 1010 g/mol. The number of aromatic carboxylic acids is 2. The number of phenolic OH excluding ortho intramolecular Hbond substituents is 1. The summed E-state index contributed by atoms with van der Waals surface area (Å²) in [6.45, 7) is 8.23. The Morgan fingerprint density at radius 1 is 0.741 bits per heavy atom. The number of aromatic hydroxyl groups is 2. The average molecular weight is 1080 g/mol. The second kappa shape index (κ2) is 22.7. The largest absolute Gasteiger partial charge is 0.872 e. The minimum Gasteiger partial charge on any atom is -0.872 e. The lowest BCUT2D eigenvalue weighted by atomic mass is 9.55. The summed E-state index contributed by atoms with van der Waals surface area (Å²) in [6, 6.07) is 46.2. The van der Waals surface area contributed by atoms with E-state index in [9.17, 15) is 39.9 Å². The molecule has 9 aromatic rings. The maximum atomic E-state index is 12.9. The second-order valence-corrected chi connectivity index (χ2v) is 22.5. The molecule has 0 spiro atoms. The number of aryl methyl sites for hydroxylation is 3. The molecule has 12 heteroatoms. The van der Waals surface area contributed by atoms with Crippen molar-refractivity contribution in [1.29, 1.82) is 0 Å². The molecule has 81 heavy (non-hydrogen) atoms. The molecule has 2 aromatic heterocycles. The number of aromatic nitrogens is 2. The predicted octanol–water partition coefficient (Wildman–Crippen LogP) is 13.2. The Labute approximate surface area is 472 Å². The zero-order chi connectivity index (χ0) is 57.4. The minimum absolute atomic E-state index is 0.103. The summed E-state index contributed by atoms with van der Waals surface area (Å²) >= 11 is 0. The van der Waals surface area contributed by atoms with Gasteiger partial charge in [0.1, 0.15) is 30.2 Å². The van der Waals surface area contributed by atoms with E-state index < -0.39 is 23.4 Å². The number of benzene rings is 7. The normalized spacial score (nSPS) is 19.0. The number of anilines is 1. The Kier molecular flexibility index (Phi) is 15.5. The molecule has 414 valence electrons. The number of nitrogens with zero attached hydrogens (tertiary/aromatic N) is 3. The molecule has 7 aromatic carbocycles. The van der Waals surface area contributed by atoms with E-state index in [2.05, 4.69) is 141 Å². The topological polar surface area (TPSA) is 176 Å². The van der Waals surface area contributed by atoms with Crippen LogP contribution in [0.15, 0.2) is 146 Å². The number of rotatable bonds is 9. The van der Waals surface area contributed by atoms with Crippen LogP contribution in [0.5, 0.6) is 17.2 Å². The van der Waals surface area contributed by atoms with Gasteiger partial charge in [-0.05, 0) is 181 Å². The van der Waals surface area contributed by atoms with Gasteiger partial charge >= 0.3 is 17.9 Å². The Hall–Kier alpha value is -8.90. The van der Waals surface area contributed by atoms with E-state index in [0.29, 0.717) is 45.0 Å². The fourth-order valence-corrected chi connectivity index (χ4v) is 13.5. The summed E-state index contributed by atoms with van der Waals surface area (Å²) in [5, 5.41) is 55.8. The number of pyridine rings is 1. The van der Waals surface area contributed by atoms with Crippen LogP contribution in [0.1, 0.15) is 117 Å². The molecule has 5 unspecified atom stereocenters. The summed E-state index contributed by atoms with van der Waals surface area (Å²) in [6.07, 6.45) is 11.2. The van der Waals surface area contributed by atoms with Gasteiger partial charge in [0.25, 0.3) is 0 Å². The molecule has 4 N–H and O–H groups in total. The molecule has 12 rings (SSSR count). The van der Waals surface area contributed by atoms with Crippen molar-refractivity contribution in [3.63, 3.8) is 0 Å². The average Bonchev–Trinajstić information content (AvgIpc) is 4.21. The molecule has 0 saturated heterocycles. The molecule has 0 aliphatic heterocycles. The molecule has 3 aliphatic rings. The standard InChI is InChI=1S/C26H28N3.C23H16O6.C20H26O3/c1-19-17-21(20(2)29(19)24-9-7-6-8-10-24)11-13-23-14-12-22-18-25(27(3)4)15-16-26(22)28(23)5;24-20-16(14-7-3-1-5-12(14)9-18(20)22(26)27)11-17-15-8-4-2-6-13(15)10-19(21(17)25)23(28)29;1-12(21)23-19-8-7-18-17-5-3-13-11-14(22)4-6-15(13)16(17)9-10-20(18,19)2/h6-18H,1-5H3;1-10,24-25H,11H2,(H,26,27)(H,28,29);4,6,11,16-19,22H,3,5,7-10H2,1-2H3/q+1;;/p-1. The molecule has 2 saturated carbocycles. The van der Waals surface area contributed by atoms with Crippen LogP contribution in [0.4, 0.5) is 5.69 Å². The molecule has 5 atom stereocenters. The van der Waals surface area contributed by atoms with Gasteiger partial charge in [-0.3, -0.25) is 4.79 Å². The highest BCUT2D eigenvalue weighted by Crippen LogP contribution is 2.61. The van der Waals surface area contributed by atoms with Crippen LogP contribution in [0, 0.1) is 31.1 Å². The molecule has 2 fully saturated rings. The van der Waals surface area contributed by atoms with Crippen molar-refractivity contribution < 1.29 is 49.2 Å². The van der Waals surface area contributed by atoms with Gasteiger partial charge in [-0.25, -0.2) is 9.59 Å². The first-order chi connectivity index (χ1) is 38.8. The van der Waals surface area contributed by atoms with E-state index in [1.165, 1.54) is 94.4 Å². The maximum absolute atomic E-state index is 12.9. The highest BCUT2D eigenvalue weighted by Gasteiger charge is 2.56. The third kappa shape index (κ3) is 10.8. The molecule has 0 amide bonds. The Morgan fingerprint density at radius 2 is 1.41 bits per heavy atom. The van der Waals surface area contributed by atoms with Gasteiger partial charge in [0.15, 0.2) is 0 Å². The SMILES string of the molecule is CC(=O)OC1CCC2C3CCc4cc(O)ccc4C3CCC12C.Cc1cc(C=Cc2ccc3cc(N(C)C)ccc3[n+]2C)c(C)n1-c1ccccc1.O=C(O)c1cc2ccccc2c(Cc2c(O)c(C(=O)O)cc3ccccc23)c1[O-]. The van der Waals surface area contributed by atoms with E-state index in [0.717, 1.165) is 19.3 Å². The number of carboxylic acid groups (broad SMARTS) is 2. The van der Waals surface area contributed by atoms with Crippen molar-refractivity contribution in [3.8, 4) is 22.9 Å².